The molecular weight excluding hydrogens is 337 g/mol. The molecule has 21 heavy (non-hydrogen) atoms. The fourth-order valence-corrected chi connectivity index (χ4v) is 1.88. The molecule has 1 amide bonds. The lowest BCUT2D eigenvalue weighted by Gasteiger charge is -2.06. The third kappa shape index (κ3) is 5.12. The van der Waals surface area contributed by atoms with E-state index in [9.17, 15) is 26.4 Å². The van der Waals surface area contributed by atoms with Crippen molar-refractivity contribution in [2.45, 2.75) is 5.51 Å². The summed E-state index contributed by atoms with van der Waals surface area (Å²) in [5.74, 6) is 4.10. The third-order valence-corrected chi connectivity index (χ3v) is 3.36. The molecule has 0 aromatic carbocycles. The molecule has 116 valence electrons. The standard InChI is InChI=1S/C9H7F3N2O5S2/c1-18-8(15)13-4-2-3-7-14-6(5-20-7)19-21(16,17)9(10,11)12/h5H,4H2,1H3,(H,13,15). The number of nitrogens with one attached hydrogen (secondary N) is 1. The summed E-state index contributed by atoms with van der Waals surface area (Å²) in [4.78, 5) is 14.1. The van der Waals surface area contributed by atoms with Crippen molar-refractivity contribution in [2.24, 2.45) is 0 Å². The molecule has 12 heteroatoms. The van der Waals surface area contributed by atoms with Crippen LogP contribution in [0.15, 0.2) is 5.38 Å². The average molecular weight is 344 g/mol. The number of nitrogens with zero attached hydrogens (tertiary/aromatic N) is 1. The third-order valence-electron chi connectivity index (χ3n) is 1.66. The van der Waals surface area contributed by atoms with Crippen LogP contribution in [0.25, 0.3) is 0 Å². The van der Waals surface area contributed by atoms with E-state index in [1.165, 1.54) is 0 Å². The molecule has 0 fully saturated rings. The van der Waals surface area contributed by atoms with E-state index in [0.717, 1.165) is 23.8 Å². The first-order chi connectivity index (χ1) is 9.65. The first-order valence-corrected chi connectivity index (χ1v) is 7.21. The normalized spacial score (nSPS) is 11.2. The average Bonchev–Trinajstić information content (AvgIpc) is 2.79. The molecule has 0 saturated heterocycles. The lowest BCUT2D eigenvalue weighted by atomic mass is 10.5. The largest absolute Gasteiger partial charge is 0.534 e. The maximum atomic E-state index is 12.1. The summed E-state index contributed by atoms with van der Waals surface area (Å²) in [7, 11) is -4.59. The highest BCUT2D eigenvalue weighted by atomic mass is 32.2. The number of methoxy groups -OCH3 is 1. The van der Waals surface area contributed by atoms with Crippen LogP contribution in [0, 0.1) is 11.8 Å². The number of amides is 1. The van der Waals surface area contributed by atoms with Gasteiger partial charge in [0.05, 0.1) is 19.0 Å². The number of alkyl carbamates (subject to hydrolysis) is 1. The van der Waals surface area contributed by atoms with E-state index in [1.807, 2.05) is 0 Å². The van der Waals surface area contributed by atoms with Gasteiger partial charge in [-0.25, -0.2) is 4.79 Å². The second-order valence-electron chi connectivity index (χ2n) is 3.12. The number of ether oxygens (including phenoxy) is 1. The minimum Gasteiger partial charge on any atom is -0.453 e. The molecule has 0 aliphatic carbocycles. The first-order valence-electron chi connectivity index (χ1n) is 4.92. The zero-order chi connectivity index (χ0) is 16.1. The van der Waals surface area contributed by atoms with E-state index >= 15 is 0 Å². The van der Waals surface area contributed by atoms with Crippen molar-refractivity contribution in [1.82, 2.24) is 10.3 Å². The van der Waals surface area contributed by atoms with Crippen LogP contribution < -0.4 is 9.50 Å². The van der Waals surface area contributed by atoms with Gasteiger partial charge in [-0.2, -0.15) is 26.6 Å². The number of thiazole rings is 1. The Morgan fingerprint density at radius 3 is 2.76 bits per heavy atom. The van der Waals surface area contributed by atoms with E-state index in [0.29, 0.717) is 0 Å². The molecule has 0 bridgehead atoms. The number of halogens is 3. The van der Waals surface area contributed by atoms with Crippen molar-refractivity contribution in [2.75, 3.05) is 13.7 Å². The van der Waals surface area contributed by atoms with Crippen LogP contribution in [0.4, 0.5) is 18.0 Å². The zero-order valence-corrected chi connectivity index (χ0v) is 11.9. The van der Waals surface area contributed by atoms with Gasteiger partial charge < -0.3 is 14.2 Å². The molecule has 0 saturated carbocycles. The Balaban J connectivity index is 2.67. The molecule has 7 nitrogen and oxygen atoms in total. The lowest BCUT2D eigenvalue weighted by molar-refractivity contribution is -0.0501. The molecule has 1 aromatic rings. The summed E-state index contributed by atoms with van der Waals surface area (Å²) in [6, 6.07) is 0. The predicted octanol–water partition coefficient (Wildman–Crippen LogP) is 1.08. The molecule has 0 unspecified atom stereocenters. The SMILES string of the molecule is COC(=O)NCC#Cc1nc(OS(=O)(=O)C(F)(F)F)cs1. The van der Waals surface area contributed by atoms with E-state index < -0.39 is 27.6 Å². The number of carbonyl (C=O) groups is 1. The van der Waals surface area contributed by atoms with Gasteiger partial charge in [-0.1, -0.05) is 5.92 Å². The van der Waals surface area contributed by atoms with E-state index in [2.05, 4.69) is 31.1 Å². The molecule has 1 aromatic heterocycles. The molecule has 1 heterocycles. The van der Waals surface area contributed by atoms with Crippen LogP contribution in [0.1, 0.15) is 5.01 Å². The molecule has 0 atom stereocenters. The second-order valence-corrected chi connectivity index (χ2v) is 5.52. The number of carbonyl (C=O) groups excluding carboxylic acids is 1. The van der Waals surface area contributed by atoms with Crippen LogP contribution in [0.3, 0.4) is 0 Å². The van der Waals surface area contributed by atoms with Gasteiger partial charge in [-0.3, -0.25) is 0 Å². The van der Waals surface area contributed by atoms with Crippen molar-refractivity contribution in [1.29, 1.82) is 0 Å². The van der Waals surface area contributed by atoms with Crippen molar-refractivity contribution in [3.05, 3.63) is 10.4 Å². The fourth-order valence-electron chi connectivity index (χ4n) is 0.823. The molecule has 0 radical (unpaired) electrons. The number of hydrogen-bond acceptors (Lipinski definition) is 7. The quantitative estimate of drug-likeness (QED) is 0.501. The van der Waals surface area contributed by atoms with Crippen LogP contribution >= 0.6 is 11.3 Å². The topological polar surface area (TPSA) is 94.6 Å². The number of hydrogen-bond donors (Lipinski definition) is 1. The fraction of sp³-hybridized carbons (Fsp3) is 0.333. The Bertz CT molecular complexity index is 672. The summed E-state index contributed by atoms with van der Waals surface area (Å²) < 4.78 is 65.7. The maximum absolute atomic E-state index is 12.1. The van der Waals surface area contributed by atoms with Gasteiger partial charge in [0.1, 0.15) is 0 Å². The molecule has 1 N–H and O–H groups in total. The Morgan fingerprint density at radius 2 is 2.19 bits per heavy atom. The van der Waals surface area contributed by atoms with E-state index in [-0.39, 0.29) is 11.6 Å². The zero-order valence-electron chi connectivity index (χ0n) is 10.2. The Hall–Kier alpha value is -2.00. The smallest absolute Gasteiger partial charge is 0.453 e. The summed E-state index contributed by atoms with van der Waals surface area (Å²) >= 11 is 0.780. The van der Waals surface area contributed by atoms with Gasteiger partial charge in [-0.15, -0.1) is 11.3 Å². The Labute approximate surface area is 121 Å². The van der Waals surface area contributed by atoms with E-state index in [4.69, 9.17) is 0 Å². The molecule has 0 spiro atoms. The number of aromatic nitrogens is 1. The van der Waals surface area contributed by atoms with Gasteiger partial charge in [0, 0.05) is 0 Å². The second kappa shape index (κ2) is 6.64. The van der Waals surface area contributed by atoms with Crippen LogP contribution in [-0.2, 0) is 14.9 Å². The summed E-state index contributed by atoms with van der Waals surface area (Å²) in [6.07, 6.45) is -0.705. The number of rotatable bonds is 3. The monoisotopic (exact) mass is 344 g/mol. The molecule has 0 aliphatic rings. The number of alkyl halides is 3. The van der Waals surface area contributed by atoms with Crippen LogP contribution in [-0.4, -0.2) is 38.7 Å². The summed E-state index contributed by atoms with van der Waals surface area (Å²) in [5, 5.41) is 3.22. The minimum absolute atomic E-state index is 0.0223. The Kier molecular flexibility index (Phi) is 5.39. The van der Waals surface area contributed by atoms with Crippen LogP contribution in [0.2, 0.25) is 0 Å². The van der Waals surface area contributed by atoms with Gasteiger partial charge in [0.15, 0.2) is 5.01 Å². The Morgan fingerprint density at radius 1 is 1.52 bits per heavy atom. The molecular formula is C9H7F3N2O5S2. The maximum Gasteiger partial charge on any atom is 0.534 e. The van der Waals surface area contributed by atoms with Crippen molar-refractivity contribution < 1.29 is 35.3 Å². The van der Waals surface area contributed by atoms with Gasteiger partial charge in [0.25, 0.3) is 0 Å². The highest BCUT2D eigenvalue weighted by molar-refractivity contribution is 7.88. The predicted molar refractivity (Wildman–Crippen MR) is 65.0 cm³/mol. The van der Waals surface area contributed by atoms with E-state index in [1.54, 1.807) is 0 Å². The minimum atomic E-state index is -5.75. The lowest BCUT2D eigenvalue weighted by Crippen LogP contribution is -2.28. The highest BCUT2D eigenvalue weighted by Crippen LogP contribution is 2.27. The first kappa shape index (κ1) is 17.1. The summed E-state index contributed by atoms with van der Waals surface area (Å²) in [6.45, 7) is -0.0801. The van der Waals surface area contributed by atoms with Crippen molar-refractivity contribution in [3.8, 4) is 17.7 Å². The highest BCUT2D eigenvalue weighted by Gasteiger charge is 2.48. The van der Waals surface area contributed by atoms with Crippen molar-refractivity contribution in [3.63, 3.8) is 0 Å². The van der Waals surface area contributed by atoms with Crippen molar-refractivity contribution >= 4 is 27.5 Å². The molecule has 1 rings (SSSR count). The van der Waals surface area contributed by atoms with Gasteiger partial charge in [-0.05, 0) is 5.92 Å². The van der Waals surface area contributed by atoms with Gasteiger partial charge >= 0.3 is 21.7 Å². The molecule has 0 aliphatic heterocycles. The van der Waals surface area contributed by atoms with Gasteiger partial charge in [0.2, 0.25) is 5.88 Å². The summed E-state index contributed by atoms with van der Waals surface area (Å²) in [5.41, 5.74) is -5.53. The van der Waals surface area contributed by atoms with Crippen LogP contribution in [0.5, 0.6) is 5.88 Å².